The van der Waals surface area contributed by atoms with Crippen LogP contribution in [-0.2, 0) is 20.5 Å². The SMILES string of the molecule is O=C(C=Cc1cc(Oc2ccc(NC(=O)Nc3cccc(Cl)c3C(F)(F)F)cc2)ccn1)NOC1CCCCO1. The van der Waals surface area contributed by atoms with Crippen LogP contribution in [0.5, 0.6) is 11.5 Å². The Bertz CT molecular complexity index is 1360. The van der Waals surface area contributed by atoms with Crippen LogP contribution in [0, 0.1) is 0 Å². The van der Waals surface area contributed by atoms with Crippen molar-refractivity contribution >= 4 is 41.0 Å². The number of nitrogens with zero attached hydrogens (tertiary/aromatic N) is 1. The third-order valence-electron chi connectivity index (χ3n) is 5.48. The summed E-state index contributed by atoms with van der Waals surface area (Å²) < 4.78 is 51.1. The number of alkyl halides is 3. The van der Waals surface area contributed by atoms with E-state index < -0.39 is 40.7 Å². The molecule has 40 heavy (non-hydrogen) atoms. The lowest BCUT2D eigenvalue weighted by molar-refractivity contribution is -0.198. The van der Waals surface area contributed by atoms with Crippen LogP contribution in [0.25, 0.3) is 6.08 Å². The maximum absolute atomic E-state index is 13.3. The highest BCUT2D eigenvalue weighted by Gasteiger charge is 2.36. The molecule has 2 aromatic carbocycles. The van der Waals surface area contributed by atoms with Gasteiger partial charge in [-0.15, -0.1) is 0 Å². The van der Waals surface area contributed by atoms with Crippen molar-refractivity contribution in [2.24, 2.45) is 0 Å². The van der Waals surface area contributed by atoms with Gasteiger partial charge in [-0.25, -0.2) is 15.1 Å². The van der Waals surface area contributed by atoms with Crippen molar-refractivity contribution in [2.75, 3.05) is 17.2 Å². The Morgan fingerprint density at radius 1 is 1.05 bits per heavy atom. The second-order valence-corrected chi connectivity index (χ2v) is 8.90. The average Bonchev–Trinajstić information content (AvgIpc) is 2.92. The van der Waals surface area contributed by atoms with Gasteiger partial charge in [0.25, 0.3) is 5.91 Å². The van der Waals surface area contributed by atoms with Gasteiger partial charge in [0.05, 0.1) is 22.0 Å². The number of carbonyl (C=O) groups excluding carboxylic acids is 2. The van der Waals surface area contributed by atoms with E-state index in [4.69, 9.17) is 25.9 Å². The van der Waals surface area contributed by atoms with Crippen LogP contribution in [0.1, 0.15) is 30.5 Å². The second-order valence-electron chi connectivity index (χ2n) is 8.50. The van der Waals surface area contributed by atoms with Gasteiger partial charge in [-0.1, -0.05) is 17.7 Å². The number of carbonyl (C=O) groups is 2. The quantitative estimate of drug-likeness (QED) is 0.201. The van der Waals surface area contributed by atoms with E-state index in [2.05, 4.69) is 21.1 Å². The van der Waals surface area contributed by atoms with Crippen LogP contribution < -0.4 is 20.9 Å². The Morgan fingerprint density at radius 3 is 2.58 bits per heavy atom. The fraction of sp³-hybridized carbons (Fsp3) is 0.222. The maximum atomic E-state index is 13.3. The summed E-state index contributed by atoms with van der Waals surface area (Å²) in [5, 5.41) is 4.10. The number of hydroxylamine groups is 1. The number of halogens is 4. The number of aromatic nitrogens is 1. The summed E-state index contributed by atoms with van der Waals surface area (Å²) in [6, 6.07) is 12.0. The molecule has 3 aromatic rings. The third-order valence-corrected chi connectivity index (χ3v) is 5.80. The summed E-state index contributed by atoms with van der Waals surface area (Å²) in [6.45, 7) is 0.595. The van der Waals surface area contributed by atoms with Gasteiger partial charge in [-0.2, -0.15) is 13.2 Å². The molecule has 2 heterocycles. The van der Waals surface area contributed by atoms with Crippen molar-refractivity contribution in [2.45, 2.75) is 31.7 Å². The number of amides is 3. The van der Waals surface area contributed by atoms with Gasteiger partial charge in [0, 0.05) is 37.1 Å². The fourth-order valence-corrected chi connectivity index (χ4v) is 3.93. The molecule has 4 rings (SSSR count). The van der Waals surface area contributed by atoms with Crippen LogP contribution in [0.15, 0.2) is 66.9 Å². The first-order chi connectivity index (χ1) is 19.2. The number of benzene rings is 2. The zero-order valence-corrected chi connectivity index (χ0v) is 21.6. The van der Waals surface area contributed by atoms with E-state index in [-0.39, 0.29) is 0 Å². The van der Waals surface area contributed by atoms with Crippen molar-refractivity contribution in [3.63, 3.8) is 0 Å². The highest BCUT2D eigenvalue weighted by molar-refractivity contribution is 6.32. The maximum Gasteiger partial charge on any atom is 0.419 e. The number of urea groups is 1. The minimum Gasteiger partial charge on any atom is -0.457 e. The van der Waals surface area contributed by atoms with Gasteiger partial charge >= 0.3 is 12.2 Å². The van der Waals surface area contributed by atoms with E-state index in [1.807, 2.05) is 0 Å². The molecule has 1 saturated heterocycles. The van der Waals surface area contributed by atoms with Crippen molar-refractivity contribution in [3.8, 4) is 11.5 Å². The zero-order chi connectivity index (χ0) is 28.5. The van der Waals surface area contributed by atoms with Crippen LogP contribution in [0.3, 0.4) is 0 Å². The van der Waals surface area contributed by atoms with E-state index in [1.54, 1.807) is 24.3 Å². The van der Waals surface area contributed by atoms with Gasteiger partial charge in [-0.05, 0) is 61.4 Å². The van der Waals surface area contributed by atoms with Crippen molar-refractivity contribution in [3.05, 3.63) is 83.2 Å². The van der Waals surface area contributed by atoms with E-state index in [0.29, 0.717) is 35.9 Å². The first kappa shape index (κ1) is 28.9. The highest BCUT2D eigenvalue weighted by Crippen LogP contribution is 2.39. The molecule has 0 aliphatic carbocycles. The minimum absolute atomic E-state index is 0.311. The number of nitrogens with one attached hydrogen (secondary N) is 3. The Hall–Kier alpha value is -4.13. The minimum atomic E-state index is -4.74. The monoisotopic (exact) mass is 576 g/mol. The van der Waals surface area contributed by atoms with E-state index in [9.17, 15) is 22.8 Å². The Labute approximate surface area is 232 Å². The lowest BCUT2D eigenvalue weighted by Crippen LogP contribution is -2.32. The lowest BCUT2D eigenvalue weighted by atomic mass is 10.1. The largest absolute Gasteiger partial charge is 0.457 e. The molecular weight excluding hydrogens is 553 g/mol. The Morgan fingerprint density at radius 2 is 1.85 bits per heavy atom. The number of hydrogen-bond donors (Lipinski definition) is 3. The fourth-order valence-electron chi connectivity index (χ4n) is 3.65. The molecular formula is C27H24ClF3N4O5. The standard InChI is InChI=1S/C27H24ClF3N4O5/c28-21-4-3-5-22(25(21)27(29,30)31)34-26(37)33-17-7-10-19(11-8-17)39-20-13-14-32-18(16-20)9-12-23(36)35-40-24-6-1-2-15-38-24/h3-5,7-14,16,24H,1-2,6,15H2,(H,35,36)(H2,33,34,37). The van der Waals surface area contributed by atoms with Crippen molar-refractivity contribution in [1.29, 1.82) is 0 Å². The van der Waals surface area contributed by atoms with Crippen LogP contribution in [0.4, 0.5) is 29.3 Å². The van der Waals surface area contributed by atoms with Crippen LogP contribution >= 0.6 is 11.6 Å². The predicted octanol–water partition coefficient (Wildman–Crippen LogP) is 6.78. The summed E-state index contributed by atoms with van der Waals surface area (Å²) in [6.07, 6.45) is 1.71. The van der Waals surface area contributed by atoms with E-state index in [1.165, 1.54) is 36.5 Å². The molecule has 1 aliphatic heterocycles. The van der Waals surface area contributed by atoms with Gasteiger partial charge in [0.1, 0.15) is 11.5 Å². The number of anilines is 2. The van der Waals surface area contributed by atoms with Crippen LogP contribution in [0.2, 0.25) is 5.02 Å². The van der Waals surface area contributed by atoms with Gasteiger partial charge in [0.15, 0.2) is 6.29 Å². The molecule has 1 unspecified atom stereocenters. The van der Waals surface area contributed by atoms with Gasteiger partial charge in [-0.3, -0.25) is 9.78 Å². The summed E-state index contributed by atoms with van der Waals surface area (Å²) in [5.41, 5.74) is 1.48. The smallest absolute Gasteiger partial charge is 0.419 e. The molecule has 0 radical (unpaired) electrons. The average molecular weight is 577 g/mol. The lowest BCUT2D eigenvalue weighted by Gasteiger charge is -2.21. The molecule has 0 spiro atoms. The summed E-state index contributed by atoms with van der Waals surface area (Å²) in [4.78, 5) is 33.7. The summed E-state index contributed by atoms with van der Waals surface area (Å²) in [7, 11) is 0. The molecule has 3 amide bonds. The Balaban J connectivity index is 1.30. The molecule has 1 fully saturated rings. The van der Waals surface area contributed by atoms with E-state index in [0.717, 1.165) is 25.0 Å². The molecule has 0 saturated carbocycles. The molecule has 1 atom stereocenters. The van der Waals surface area contributed by atoms with Crippen LogP contribution in [-0.4, -0.2) is 29.8 Å². The van der Waals surface area contributed by atoms with Crippen molar-refractivity contribution < 1.29 is 37.1 Å². The molecule has 1 aliphatic rings. The third kappa shape index (κ3) is 8.43. The van der Waals surface area contributed by atoms with Gasteiger partial charge < -0.3 is 20.1 Å². The second kappa shape index (κ2) is 13.3. The predicted molar refractivity (Wildman–Crippen MR) is 142 cm³/mol. The molecule has 1 aromatic heterocycles. The molecule has 0 bridgehead atoms. The first-order valence-corrected chi connectivity index (χ1v) is 12.5. The molecule has 210 valence electrons. The number of hydrogen-bond acceptors (Lipinski definition) is 6. The topological polar surface area (TPSA) is 111 Å². The summed E-state index contributed by atoms with van der Waals surface area (Å²) >= 11 is 5.68. The number of ether oxygens (including phenoxy) is 2. The molecule has 3 N–H and O–H groups in total. The van der Waals surface area contributed by atoms with Gasteiger partial charge in [0.2, 0.25) is 0 Å². The number of rotatable bonds is 8. The zero-order valence-electron chi connectivity index (χ0n) is 20.8. The molecule has 13 heteroatoms. The normalized spacial score (nSPS) is 15.4. The first-order valence-electron chi connectivity index (χ1n) is 12.1. The van der Waals surface area contributed by atoms with E-state index >= 15 is 0 Å². The molecule has 9 nitrogen and oxygen atoms in total. The highest BCUT2D eigenvalue weighted by atomic mass is 35.5. The number of pyridine rings is 1. The summed E-state index contributed by atoms with van der Waals surface area (Å²) in [5.74, 6) is 0.375. The van der Waals surface area contributed by atoms with Crippen molar-refractivity contribution in [1.82, 2.24) is 10.5 Å². The Kier molecular flexibility index (Phi) is 9.59.